The molecule has 6 nitrogen and oxygen atoms in total. The number of aliphatic imine (C=N–C) groups is 1. The largest absolute Gasteiger partial charge is 0.444 e. The molecule has 1 amide bonds. The van der Waals surface area contributed by atoms with Crippen molar-refractivity contribution in [3.63, 3.8) is 0 Å². The first kappa shape index (κ1) is 19.4. The van der Waals surface area contributed by atoms with Gasteiger partial charge in [-0.1, -0.05) is 29.8 Å². The van der Waals surface area contributed by atoms with Gasteiger partial charge in [0.15, 0.2) is 5.96 Å². The monoisotopic (exact) mass is 366 g/mol. The number of guanidine groups is 1. The predicted molar refractivity (Wildman–Crippen MR) is 101 cm³/mol. The number of nitrogens with zero attached hydrogens (tertiary/aromatic N) is 3. The van der Waals surface area contributed by atoms with Crippen molar-refractivity contribution in [1.29, 1.82) is 0 Å². The third-order valence-electron chi connectivity index (χ3n) is 3.87. The summed E-state index contributed by atoms with van der Waals surface area (Å²) < 4.78 is 5.39. The first-order valence-corrected chi connectivity index (χ1v) is 8.90. The summed E-state index contributed by atoms with van der Waals surface area (Å²) in [4.78, 5) is 20.2. The average molecular weight is 367 g/mol. The molecule has 1 fully saturated rings. The highest BCUT2D eigenvalue weighted by molar-refractivity contribution is 6.31. The molecule has 1 heterocycles. The third kappa shape index (κ3) is 6.12. The summed E-state index contributed by atoms with van der Waals surface area (Å²) in [6.45, 7) is 8.65. The van der Waals surface area contributed by atoms with E-state index < -0.39 is 5.60 Å². The second-order valence-corrected chi connectivity index (χ2v) is 7.44. The fraction of sp³-hybridized carbons (Fsp3) is 0.556. The molecule has 0 radical (unpaired) electrons. The Labute approximate surface area is 154 Å². The van der Waals surface area contributed by atoms with E-state index in [9.17, 15) is 4.79 Å². The zero-order chi connectivity index (χ0) is 18.4. The van der Waals surface area contributed by atoms with Crippen molar-refractivity contribution in [1.82, 2.24) is 9.80 Å². The first-order valence-electron chi connectivity index (χ1n) is 8.52. The Bertz CT molecular complexity index is 620. The maximum atomic E-state index is 12.1. The number of piperazine rings is 1. The van der Waals surface area contributed by atoms with Crippen LogP contribution in [0.4, 0.5) is 4.79 Å². The van der Waals surface area contributed by atoms with Gasteiger partial charge in [-0.05, 0) is 38.8 Å². The number of ether oxygens (including phenoxy) is 1. The Hall–Kier alpha value is -1.95. The van der Waals surface area contributed by atoms with E-state index in [2.05, 4.69) is 4.99 Å². The number of amides is 1. The van der Waals surface area contributed by atoms with Crippen molar-refractivity contribution in [2.45, 2.75) is 32.8 Å². The van der Waals surface area contributed by atoms with Gasteiger partial charge < -0.3 is 20.3 Å². The van der Waals surface area contributed by atoms with Crippen molar-refractivity contribution in [3.05, 3.63) is 34.9 Å². The van der Waals surface area contributed by atoms with E-state index in [1.165, 1.54) is 0 Å². The molecule has 0 aromatic heterocycles. The molecule has 25 heavy (non-hydrogen) atoms. The molecule has 1 aromatic carbocycles. The molecule has 0 atom stereocenters. The number of benzene rings is 1. The second-order valence-electron chi connectivity index (χ2n) is 7.04. The van der Waals surface area contributed by atoms with Crippen LogP contribution in [0, 0.1) is 0 Å². The van der Waals surface area contributed by atoms with Crippen LogP contribution in [0.2, 0.25) is 5.02 Å². The smallest absolute Gasteiger partial charge is 0.410 e. The van der Waals surface area contributed by atoms with E-state index >= 15 is 0 Å². The van der Waals surface area contributed by atoms with Gasteiger partial charge in [0.1, 0.15) is 5.60 Å². The quantitative estimate of drug-likeness (QED) is 0.659. The van der Waals surface area contributed by atoms with Gasteiger partial charge in [-0.3, -0.25) is 4.99 Å². The Morgan fingerprint density at radius 2 is 1.80 bits per heavy atom. The molecule has 2 rings (SSSR count). The number of carbonyl (C=O) groups is 1. The molecule has 0 saturated carbocycles. The number of hydrogen-bond donors (Lipinski definition) is 1. The zero-order valence-electron chi connectivity index (χ0n) is 15.2. The third-order valence-corrected chi connectivity index (χ3v) is 4.24. The van der Waals surface area contributed by atoms with Crippen LogP contribution >= 0.6 is 11.6 Å². The van der Waals surface area contributed by atoms with Crippen molar-refractivity contribution < 1.29 is 9.53 Å². The molecule has 0 spiro atoms. The van der Waals surface area contributed by atoms with Crippen LogP contribution in [0.3, 0.4) is 0 Å². The molecule has 0 bridgehead atoms. The Morgan fingerprint density at radius 3 is 2.40 bits per heavy atom. The first-order chi connectivity index (χ1) is 11.8. The Morgan fingerprint density at radius 1 is 1.20 bits per heavy atom. The highest BCUT2D eigenvalue weighted by atomic mass is 35.5. The lowest BCUT2D eigenvalue weighted by atomic mass is 10.1. The zero-order valence-corrected chi connectivity index (χ0v) is 15.9. The fourth-order valence-corrected chi connectivity index (χ4v) is 2.77. The molecule has 1 aliphatic heterocycles. The highest BCUT2D eigenvalue weighted by Gasteiger charge is 2.26. The molecule has 1 saturated heterocycles. The lowest BCUT2D eigenvalue weighted by Gasteiger charge is -2.36. The van der Waals surface area contributed by atoms with Crippen LogP contribution < -0.4 is 5.73 Å². The van der Waals surface area contributed by atoms with E-state index in [1.807, 2.05) is 49.9 Å². The predicted octanol–water partition coefficient (Wildman–Crippen LogP) is 2.75. The fourth-order valence-electron chi connectivity index (χ4n) is 2.54. The van der Waals surface area contributed by atoms with E-state index in [1.54, 1.807) is 4.90 Å². The van der Waals surface area contributed by atoms with Crippen molar-refractivity contribution in [2.75, 3.05) is 32.7 Å². The summed E-state index contributed by atoms with van der Waals surface area (Å²) in [5, 5.41) is 0.752. The van der Waals surface area contributed by atoms with Crippen LogP contribution in [0.1, 0.15) is 26.3 Å². The van der Waals surface area contributed by atoms with Gasteiger partial charge >= 0.3 is 6.09 Å². The van der Waals surface area contributed by atoms with Crippen LogP contribution in [0.5, 0.6) is 0 Å². The number of nitrogens with two attached hydrogens (primary N) is 1. The van der Waals surface area contributed by atoms with E-state index in [4.69, 9.17) is 22.1 Å². The molecule has 2 N–H and O–H groups in total. The topological polar surface area (TPSA) is 71.2 Å². The summed E-state index contributed by atoms with van der Waals surface area (Å²) in [7, 11) is 0. The maximum Gasteiger partial charge on any atom is 0.410 e. The minimum atomic E-state index is -0.479. The summed E-state index contributed by atoms with van der Waals surface area (Å²) in [5.74, 6) is 0.510. The lowest BCUT2D eigenvalue weighted by Crippen LogP contribution is -2.53. The number of hydrogen-bond acceptors (Lipinski definition) is 3. The molecular weight excluding hydrogens is 340 g/mol. The normalized spacial score (nSPS) is 16.1. The van der Waals surface area contributed by atoms with Gasteiger partial charge in [-0.25, -0.2) is 4.79 Å². The molecule has 1 aliphatic rings. The van der Waals surface area contributed by atoms with Crippen molar-refractivity contribution >= 4 is 23.7 Å². The average Bonchev–Trinajstić information content (AvgIpc) is 2.55. The minimum Gasteiger partial charge on any atom is -0.444 e. The second kappa shape index (κ2) is 8.43. The summed E-state index contributed by atoms with van der Waals surface area (Å²) >= 11 is 6.14. The van der Waals surface area contributed by atoms with Gasteiger partial charge in [0, 0.05) is 37.7 Å². The Balaban J connectivity index is 1.79. The van der Waals surface area contributed by atoms with E-state index in [-0.39, 0.29) is 6.09 Å². The molecule has 1 aromatic rings. The SMILES string of the molecule is CC(C)(C)OC(=O)N1CCN(C(N)=NCCc2ccccc2Cl)CC1. The van der Waals surface area contributed by atoms with E-state index in [0.717, 1.165) is 17.0 Å². The van der Waals surface area contributed by atoms with Crippen LogP contribution in [-0.2, 0) is 11.2 Å². The van der Waals surface area contributed by atoms with Gasteiger partial charge in [0.2, 0.25) is 0 Å². The van der Waals surface area contributed by atoms with Gasteiger partial charge in [0.05, 0.1) is 0 Å². The lowest BCUT2D eigenvalue weighted by molar-refractivity contribution is 0.0186. The van der Waals surface area contributed by atoms with Gasteiger partial charge in [0.25, 0.3) is 0 Å². The molecule has 138 valence electrons. The number of carbonyl (C=O) groups excluding carboxylic acids is 1. The summed E-state index contributed by atoms with van der Waals surface area (Å²) in [5.41, 5.74) is 6.67. The molecule has 0 aliphatic carbocycles. The molecular formula is C18H27ClN4O2. The Kier molecular flexibility index (Phi) is 6.53. The molecule has 0 unspecified atom stereocenters. The molecule has 7 heteroatoms. The van der Waals surface area contributed by atoms with E-state index in [0.29, 0.717) is 38.7 Å². The summed E-state index contributed by atoms with van der Waals surface area (Å²) in [6, 6.07) is 7.74. The van der Waals surface area contributed by atoms with Crippen LogP contribution in [-0.4, -0.2) is 60.2 Å². The maximum absolute atomic E-state index is 12.1. The van der Waals surface area contributed by atoms with Gasteiger partial charge in [-0.2, -0.15) is 0 Å². The van der Waals surface area contributed by atoms with Crippen molar-refractivity contribution in [2.24, 2.45) is 10.7 Å². The summed E-state index contributed by atoms with van der Waals surface area (Å²) in [6.07, 6.45) is 0.472. The van der Waals surface area contributed by atoms with Crippen LogP contribution in [0.15, 0.2) is 29.3 Å². The minimum absolute atomic E-state index is 0.277. The number of halogens is 1. The van der Waals surface area contributed by atoms with Crippen molar-refractivity contribution in [3.8, 4) is 0 Å². The van der Waals surface area contributed by atoms with Crippen LogP contribution in [0.25, 0.3) is 0 Å². The highest BCUT2D eigenvalue weighted by Crippen LogP contribution is 2.15. The number of rotatable bonds is 3. The van der Waals surface area contributed by atoms with Gasteiger partial charge in [-0.15, -0.1) is 0 Å². The standard InChI is InChI=1S/C18H27ClN4O2/c1-18(2,3)25-17(24)23-12-10-22(11-13-23)16(20)21-9-8-14-6-4-5-7-15(14)19/h4-7H,8-13H2,1-3H3,(H2,20,21).